The van der Waals surface area contributed by atoms with Gasteiger partial charge in [-0.25, -0.2) is 9.78 Å². The molecule has 1 atom stereocenters. The van der Waals surface area contributed by atoms with Gasteiger partial charge in [0.1, 0.15) is 0 Å². The van der Waals surface area contributed by atoms with Crippen LogP contribution >= 0.6 is 0 Å². The fourth-order valence-corrected chi connectivity index (χ4v) is 2.85. The van der Waals surface area contributed by atoms with Crippen LogP contribution < -0.4 is 5.32 Å². The number of amides is 1. The molecule has 0 saturated carbocycles. The highest BCUT2D eigenvalue weighted by Gasteiger charge is 2.24. The normalized spacial score (nSPS) is 12.4. The van der Waals surface area contributed by atoms with E-state index < -0.39 is 17.6 Å². The lowest BCUT2D eigenvalue weighted by molar-refractivity contribution is -0.130. The minimum atomic E-state index is -0.904. The van der Waals surface area contributed by atoms with Crippen molar-refractivity contribution in [2.45, 2.75) is 39.3 Å². The van der Waals surface area contributed by atoms with Crippen molar-refractivity contribution >= 4 is 22.8 Å². The van der Waals surface area contributed by atoms with Crippen LogP contribution in [0.25, 0.3) is 22.2 Å². The van der Waals surface area contributed by atoms with Gasteiger partial charge in [-0.05, 0) is 39.8 Å². The molecular weight excluding hydrogens is 352 g/mol. The third kappa shape index (κ3) is 4.55. The number of nitrogens with one attached hydrogen (secondary N) is 1. The van der Waals surface area contributed by atoms with Gasteiger partial charge in [-0.2, -0.15) is 0 Å². The lowest BCUT2D eigenvalue weighted by atomic mass is 10.0. The standard InChI is InChI=1S/C23H24N2O3/c1-15(21(26)25-23(2,3)4)28-22(27)18-14-20(16-10-6-5-7-11-16)24-19-13-9-8-12-17(18)19/h5-15H,1-4H3,(H,25,26). The molecule has 2 aromatic carbocycles. The van der Waals surface area contributed by atoms with Crippen molar-refractivity contribution in [3.05, 3.63) is 66.2 Å². The molecule has 0 saturated heterocycles. The van der Waals surface area contributed by atoms with Crippen molar-refractivity contribution in [3.63, 3.8) is 0 Å². The number of benzene rings is 2. The van der Waals surface area contributed by atoms with E-state index in [2.05, 4.69) is 10.3 Å². The number of rotatable bonds is 4. The Bertz CT molecular complexity index is 1010. The SMILES string of the molecule is CC(OC(=O)c1cc(-c2ccccc2)nc2ccccc12)C(=O)NC(C)(C)C. The molecule has 3 aromatic rings. The summed E-state index contributed by atoms with van der Waals surface area (Å²) in [5, 5.41) is 3.51. The van der Waals surface area contributed by atoms with Crippen LogP contribution in [0.5, 0.6) is 0 Å². The first-order valence-electron chi connectivity index (χ1n) is 9.23. The number of esters is 1. The molecule has 0 spiro atoms. The maximum atomic E-state index is 12.9. The number of pyridine rings is 1. The molecule has 144 valence electrons. The Morgan fingerprint density at radius 3 is 2.32 bits per heavy atom. The van der Waals surface area contributed by atoms with E-state index in [9.17, 15) is 9.59 Å². The Morgan fingerprint density at radius 2 is 1.64 bits per heavy atom. The maximum absolute atomic E-state index is 12.9. The lowest BCUT2D eigenvalue weighted by Crippen LogP contribution is -2.46. The van der Waals surface area contributed by atoms with Crippen LogP contribution in [-0.4, -0.2) is 28.5 Å². The Kier molecular flexibility index (Phi) is 5.45. The second-order valence-corrected chi connectivity index (χ2v) is 7.73. The first-order valence-corrected chi connectivity index (χ1v) is 9.23. The van der Waals surface area contributed by atoms with Gasteiger partial charge in [0.2, 0.25) is 0 Å². The summed E-state index contributed by atoms with van der Waals surface area (Å²) in [7, 11) is 0. The maximum Gasteiger partial charge on any atom is 0.339 e. The monoisotopic (exact) mass is 376 g/mol. The molecule has 28 heavy (non-hydrogen) atoms. The highest BCUT2D eigenvalue weighted by Crippen LogP contribution is 2.25. The first kappa shape index (κ1) is 19.5. The zero-order valence-electron chi connectivity index (χ0n) is 16.5. The lowest BCUT2D eigenvalue weighted by Gasteiger charge is -2.23. The summed E-state index contributed by atoms with van der Waals surface area (Å²) in [4.78, 5) is 29.8. The summed E-state index contributed by atoms with van der Waals surface area (Å²) in [6.07, 6.45) is -0.904. The molecule has 1 amide bonds. The van der Waals surface area contributed by atoms with Crippen molar-refractivity contribution < 1.29 is 14.3 Å². The fourth-order valence-electron chi connectivity index (χ4n) is 2.85. The van der Waals surface area contributed by atoms with Gasteiger partial charge >= 0.3 is 5.97 Å². The Morgan fingerprint density at radius 1 is 1.00 bits per heavy atom. The predicted octanol–water partition coefficient (Wildman–Crippen LogP) is 4.36. The van der Waals surface area contributed by atoms with Gasteiger partial charge in [-0.1, -0.05) is 48.5 Å². The number of aromatic nitrogens is 1. The van der Waals surface area contributed by atoms with Crippen molar-refractivity contribution in [3.8, 4) is 11.3 Å². The third-order valence-electron chi connectivity index (χ3n) is 4.16. The number of carbonyl (C=O) groups excluding carboxylic acids is 2. The molecule has 0 aliphatic heterocycles. The second kappa shape index (κ2) is 7.80. The van der Waals surface area contributed by atoms with Crippen LogP contribution in [0.1, 0.15) is 38.1 Å². The Balaban J connectivity index is 1.95. The molecule has 1 N–H and O–H groups in total. The van der Waals surface area contributed by atoms with Gasteiger partial charge in [-0.3, -0.25) is 4.79 Å². The van der Waals surface area contributed by atoms with Crippen LogP contribution in [0.3, 0.4) is 0 Å². The zero-order chi connectivity index (χ0) is 20.3. The highest BCUT2D eigenvalue weighted by atomic mass is 16.5. The van der Waals surface area contributed by atoms with Crippen LogP contribution in [0.4, 0.5) is 0 Å². The molecule has 5 nitrogen and oxygen atoms in total. The number of hydrogen-bond donors (Lipinski definition) is 1. The summed E-state index contributed by atoms with van der Waals surface area (Å²) in [6.45, 7) is 7.20. The van der Waals surface area contributed by atoms with Gasteiger partial charge in [0.05, 0.1) is 16.8 Å². The number of para-hydroxylation sites is 1. The molecule has 0 fully saturated rings. The average Bonchev–Trinajstić information content (AvgIpc) is 2.66. The summed E-state index contributed by atoms with van der Waals surface area (Å²) < 4.78 is 5.46. The smallest absolute Gasteiger partial charge is 0.339 e. The van der Waals surface area contributed by atoms with Gasteiger partial charge in [-0.15, -0.1) is 0 Å². The summed E-state index contributed by atoms with van der Waals surface area (Å²) in [5.41, 5.74) is 2.27. The fraction of sp³-hybridized carbons (Fsp3) is 0.261. The van der Waals surface area contributed by atoms with Gasteiger partial charge < -0.3 is 10.1 Å². The molecule has 1 heterocycles. The predicted molar refractivity (Wildman–Crippen MR) is 110 cm³/mol. The summed E-state index contributed by atoms with van der Waals surface area (Å²) in [6, 6.07) is 18.8. The third-order valence-corrected chi connectivity index (χ3v) is 4.16. The van der Waals surface area contributed by atoms with Gasteiger partial charge in [0, 0.05) is 16.5 Å². The Labute approximate surface area is 164 Å². The van der Waals surface area contributed by atoms with E-state index in [1.54, 1.807) is 13.0 Å². The van der Waals surface area contributed by atoms with Crippen molar-refractivity contribution in [2.75, 3.05) is 0 Å². The number of carbonyl (C=O) groups is 2. The molecule has 0 aliphatic carbocycles. The molecule has 0 radical (unpaired) electrons. The largest absolute Gasteiger partial charge is 0.449 e. The van der Waals surface area contributed by atoms with E-state index in [1.165, 1.54) is 0 Å². The number of fused-ring (bicyclic) bond motifs is 1. The molecular formula is C23H24N2O3. The molecule has 0 bridgehead atoms. The van der Waals surface area contributed by atoms with Crippen LogP contribution in [0.2, 0.25) is 0 Å². The van der Waals surface area contributed by atoms with E-state index in [1.807, 2.05) is 75.4 Å². The molecule has 1 aromatic heterocycles. The van der Waals surface area contributed by atoms with Gasteiger partial charge in [0.25, 0.3) is 5.91 Å². The topological polar surface area (TPSA) is 68.3 Å². The van der Waals surface area contributed by atoms with E-state index in [-0.39, 0.29) is 5.91 Å². The molecule has 1 unspecified atom stereocenters. The molecule has 0 aliphatic rings. The zero-order valence-corrected chi connectivity index (χ0v) is 16.5. The second-order valence-electron chi connectivity index (χ2n) is 7.73. The van der Waals surface area contributed by atoms with Crippen LogP contribution in [0.15, 0.2) is 60.7 Å². The first-order chi connectivity index (χ1) is 13.2. The van der Waals surface area contributed by atoms with E-state index >= 15 is 0 Å². The van der Waals surface area contributed by atoms with Crippen LogP contribution in [0, 0.1) is 0 Å². The minimum Gasteiger partial charge on any atom is -0.449 e. The van der Waals surface area contributed by atoms with Gasteiger partial charge in [0.15, 0.2) is 6.10 Å². The average molecular weight is 376 g/mol. The van der Waals surface area contributed by atoms with E-state index in [0.29, 0.717) is 22.2 Å². The Hall–Kier alpha value is -3.21. The quantitative estimate of drug-likeness (QED) is 0.687. The van der Waals surface area contributed by atoms with Crippen LogP contribution in [-0.2, 0) is 9.53 Å². The molecule has 5 heteroatoms. The summed E-state index contributed by atoms with van der Waals surface area (Å²) in [5.74, 6) is -0.880. The summed E-state index contributed by atoms with van der Waals surface area (Å²) >= 11 is 0. The van der Waals surface area contributed by atoms with Crippen molar-refractivity contribution in [1.29, 1.82) is 0 Å². The number of hydrogen-bond acceptors (Lipinski definition) is 4. The molecule has 3 rings (SSSR count). The van der Waals surface area contributed by atoms with Crippen molar-refractivity contribution in [1.82, 2.24) is 10.3 Å². The minimum absolute atomic E-state index is 0.331. The highest BCUT2D eigenvalue weighted by molar-refractivity contribution is 6.05. The number of nitrogens with zero attached hydrogens (tertiary/aromatic N) is 1. The van der Waals surface area contributed by atoms with E-state index in [0.717, 1.165) is 5.56 Å². The van der Waals surface area contributed by atoms with Crippen molar-refractivity contribution in [2.24, 2.45) is 0 Å². The number of ether oxygens (including phenoxy) is 1. The van der Waals surface area contributed by atoms with E-state index in [4.69, 9.17) is 4.74 Å².